The number of hydrogen-bond donors (Lipinski definition) is 2. The summed E-state index contributed by atoms with van der Waals surface area (Å²) in [6, 6.07) is 0. The fourth-order valence-electron chi connectivity index (χ4n) is 1.97. The van der Waals surface area contributed by atoms with Crippen LogP contribution in [0.1, 0.15) is 25.7 Å². The molecule has 2 N–H and O–H groups in total. The molecule has 0 amide bonds. The molecule has 18 heavy (non-hydrogen) atoms. The van der Waals surface area contributed by atoms with Crippen LogP contribution in [0.15, 0.2) is 12.2 Å². The van der Waals surface area contributed by atoms with Crippen LogP contribution in [-0.2, 0) is 18.6 Å². The molecule has 0 spiro atoms. The van der Waals surface area contributed by atoms with Crippen molar-refractivity contribution < 1.29 is 28.6 Å². The van der Waals surface area contributed by atoms with Crippen LogP contribution in [0.3, 0.4) is 0 Å². The number of aliphatic carboxylic acids is 1. The summed E-state index contributed by atoms with van der Waals surface area (Å²) in [5.74, 6) is -1.07. The van der Waals surface area contributed by atoms with Crippen molar-refractivity contribution in [1.29, 1.82) is 0 Å². The third-order valence-electron chi connectivity index (χ3n) is 3.16. The lowest BCUT2D eigenvalue weighted by atomic mass is 9.97. The maximum Gasteiger partial charge on any atom is 0.333 e. The van der Waals surface area contributed by atoms with Crippen LogP contribution in [0.5, 0.6) is 0 Å². The van der Waals surface area contributed by atoms with Crippen molar-refractivity contribution in [1.82, 2.24) is 0 Å². The Morgan fingerprint density at radius 3 is 2.39 bits per heavy atom. The summed E-state index contributed by atoms with van der Waals surface area (Å²) in [6.07, 6.45) is 2.28. The number of carboxylic acid groups (broad SMARTS) is 1. The molecular weight excluding hydrogens is 259 g/mol. The van der Waals surface area contributed by atoms with Crippen molar-refractivity contribution in [2.75, 3.05) is 13.7 Å². The molecule has 0 aromatic rings. The van der Waals surface area contributed by atoms with Crippen LogP contribution < -0.4 is 0 Å². The fourth-order valence-corrected chi connectivity index (χ4v) is 3.22. The predicted molar refractivity (Wildman–Crippen MR) is 65.6 cm³/mol. The lowest BCUT2D eigenvalue weighted by Gasteiger charge is -2.30. The van der Waals surface area contributed by atoms with Gasteiger partial charge in [0, 0.05) is 7.11 Å². The number of ether oxygens (including phenoxy) is 1. The van der Waals surface area contributed by atoms with E-state index in [9.17, 15) is 14.3 Å². The van der Waals surface area contributed by atoms with Gasteiger partial charge in [0.1, 0.15) is 0 Å². The van der Waals surface area contributed by atoms with Crippen LogP contribution >= 0.6 is 7.60 Å². The number of carbonyl (C=O) groups is 1. The minimum Gasteiger partial charge on any atom is -0.478 e. The second-order valence-electron chi connectivity index (χ2n) is 4.40. The Morgan fingerprint density at radius 1 is 1.39 bits per heavy atom. The molecule has 7 heteroatoms. The van der Waals surface area contributed by atoms with Crippen LogP contribution in [0.25, 0.3) is 0 Å². The van der Waals surface area contributed by atoms with E-state index >= 15 is 0 Å². The van der Waals surface area contributed by atoms with E-state index in [-0.39, 0.29) is 23.9 Å². The van der Waals surface area contributed by atoms with Crippen molar-refractivity contribution in [3.05, 3.63) is 12.2 Å². The van der Waals surface area contributed by atoms with Crippen LogP contribution in [0, 0.1) is 0 Å². The minimum absolute atomic E-state index is 0.00820. The SMILES string of the molecule is C=C(COC1CCC(P(=O)(O)OC)CC1)C(=O)O. The molecule has 1 atom stereocenters. The lowest BCUT2D eigenvalue weighted by Crippen LogP contribution is -2.26. The topological polar surface area (TPSA) is 93.1 Å². The van der Waals surface area contributed by atoms with Crippen molar-refractivity contribution in [2.24, 2.45) is 0 Å². The number of rotatable bonds is 6. The van der Waals surface area contributed by atoms with Gasteiger partial charge in [-0.15, -0.1) is 0 Å². The van der Waals surface area contributed by atoms with Crippen molar-refractivity contribution in [3.63, 3.8) is 0 Å². The van der Waals surface area contributed by atoms with E-state index in [0.29, 0.717) is 25.7 Å². The minimum atomic E-state index is -3.50. The van der Waals surface area contributed by atoms with Crippen LogP contribution in [0.4, 0.5) is 0 Å². The Bertz CT molecular complexity index is 359. The summed E-state index contributed by atoms with van der Waals surface area (Å²) >= 11 is 0. The third kappa shape index (κ3) is 4.21. The maximum absolute atomic E-state index is 11.6. The van der Waals surface area contributed by atoms with E-state index in [2.05, 4.69) is 11.1 Å². The summed E-state index contributed by atoms with van der Waals surface area (Å²) in [5, 5.41) is 8.63. The van der Waals surface area contributed by atoms with E-state index in [1.165, 1.54) is 7.11 Å². The molecule has 0 heterocycles. The molecular formula is C11H19O6P. The molecule has 104 valence electrons. The molecule has 1 saturated carbocycles. The maximum atomic E-state index is 11.6. The van der Waals surface area contributed by atoms with E-state index < -0.39 is 13.6 Å². The molecule has 0 radical (unpaired) electrons. The average molecular weight is 278 g/mol. The van der Waals surface area contributed by atoms with Gasteiger partial charge in [0.15, 0.2) is 0 Å². The predicted octanol–water partition coefficient (Wildman–Crippen LogP) is 1.79. The van der Waals surface area contributed by atoms with Crippen molar-refractivity contribution in [2.45, 2.75) is 37.4 Å². The first-order valence-corrected chi connectivity index (χ1v) is 7.42. The van der Waals surface area contributed by atoms with Crippen molar-refractivity contribution in [3.8, 4) is 0 Å². The van der Waals surface area contributed by atoms with E-state index in [1.54, 1.807) is 0 Å². The van der Waals surface area contributed by atoms with Gasteiger partial charge in [0.2, 0.25) is 0 Å². The van der Waals surface area contributed by atoms with E-state index in [0.717, 1.165) is 0 Å². The molecule has 6 nitrogen and oxygen atoms in total. The zero-order valence-electron chi connectivity index (χ0n) is 10.4. The first-order valence-electron chi connectivity index (χ1n) is 5.77. The molecule has 1 unspecified atom stereocenters. The van der Waals surface area contributed by atoms with Crippen LogP contribution in [0.2, 0.25) is 0 Å². The molecule has 1 rings (SSSR count). The molecule has 0 aromatic carbocycles. The Balaban J connectivity index is 2.34. The van der Waals surface area contributed by atoms with Crippen molar-refractivity contribution >= 4 is 13.6 Å². The number of carboxylic acids is 1. The van der Waals surface area contributed by atoms with Gasteiger partial charge in [0.25, 0.3) is 0 Å². The molecule has 1 aliphatic carbocycles. The van der Waals surface area contributed by atoms with Gasteiger partial charge < -0.3 is 19.3 Å². The second kappa shape index (κ2) is 6.48. The Kier molecular flexibility index (Phi) is 5.53. The van der Waals surface area contributed by atoms with E-state index in [1.807, 2.05) is 0 Å². The lowest BCUT2D eigenvalue weighted by molar-refractivity contribution is -0.133. The fraction of sp³-hybridized carbons (Fsp3) is 0.727. The van der Waals surface area contributed by atoms with Crippen LogP contribution in [-0.4, -0.2) is 41.4 Å². The van der Waals surface area contributed by atoms with Gasteiger partial charge >= 0.3 is 13.6 Å². The van der Waals surface area contributed by atoms with Gasteiger partial charge in [-0.25, -0.2) is 4.79 Å². The first kappa shape index (κ1) is 15.4. The van der Waals surface area contributed by atoms with E-state index in [4.69, 9.17) is 9.84 Å². The summed E-state index contributed by atoms with van der Waals surface area (Å²) < 4.78 is 21.6. The highest BCUT2D eigenvalue weighted by molar-refractivity contribution is 7.53. The highest BCUT2D eigenvalue weighted by atomic mass is 31.2. The molecule has 1 fully saturated rings. The number of hydrogen-bond acceptors (Lipinski definition) is 4. The highest BCUT2D eigenvalue weighted by Gasteiger charge is 2.35. The quantitative estimate of drug-likeness (QED) is 0.568. The zero-order chi connectivity index (χ0) is 13.8. The monoisotopic (exact) mass is 278 g/mol. The second-order valence-corrected chi connectivity index (χ2v) is 6.62. The zero-order valence-corrected chi connectivity index (χ0v) is 11.3. The van der Waals surface area contributed by atoms with Gasteiger partial charge in [-0.3, -0.25) is 4.57 Å². The standard InChI is InChI=1S/C11H19O6P/c1-8(11(12)13)7-17-9-3-5-10(6-4-9)18(14,15)16-2/h9-10H,1,3-7H2,2H3,(H,12,13)(H,14,15). The molecule has 1 aliphatic rings. The Hall–Kier alpha value is -0.680. The highest BCUT2D eigenvalue weighted by Crippen LogP contribution is 2.52. The summed E-state index contributed by atoms with van der Waals surface area (Å²) in [6.45, 7) is 3.37. The molecule has 0 saturated heterocycles. The Labute approximate surface area is 106 Å². The molecule has 0 aliphatic heterocycles. The summed E-state index contributed by atoms with van der Waals surface area (Å²) in [7, 11) is -2.26. The average Bonchev–Trinajstić information content (AvgIpc) is 2.36. The van der Waals surface area contributed by atoms with Gasteiger partial charge in [-0.2, -0.15) is 0 Å². The molecule has 0 bridgehead atoms. The van der Waals surface area contributed by atoms with Gasteiger partial charge in [-0.1, -0.05) is 6.58 Å². The molecule has 0 aromatic heterocycles. The largest absolute Gasteiger partial charge is 0.478 e. The third-order valence-corrected chi connectivity index (χ3v) is 5.12. The van der Waals surface area contributed by atoms with Gasteiger partial charge in [-0.05, 0) is 25.7 Å². The normalized spacial score (nSPS) is 27.4. The van der Waals surface area contributed by atoms with Gasteiger partial charge in [0.05, 0.1) is 23.9 Å². The smallest absolute Gasteiger partial charge is 0.333 e. The summed E-state index contributed by atoms with van der Waals surface area (Å²) in [4.78, 5) is 20.1. The summed E-state index contributed by atoms with van der Waals surface area (Å²) in [5.41, 5.74) is -0.327. The Morgan fingerprint density at radius 2 is 1.94 bits per heavy atom. The first-order chi connectivity index (χ1) is 8.36.